The lowest BCUT2D eigenvalue weighted by atomic mass is 10.1. The van der Waals surface area contributed by atoms with Crippen molar-refractivity contribution in [3.8, 4) is 0 Å². The first-order valence-electron chi connectivity index (χ1n) is 7.64. The molecule has 0 atom stereocenters. The average Bonchev–Trinajstić information content (AvgIpc) is 2.56. The molecule has 0 aromatic heterocycles. The van der Waals surface area contributed by atoms with E-state index in [0.29, 0.717) is 18.8 Å². The molecule has 6 heteroatoms. The Morgan fingerprint density at radius 1 is 1.09 bits per heavy atom. The van der Waals surface area contributed by atoms with Crippen LogP contribution >= 0.6 is 0 Å². The van der Waals surface area contributed by atoms with Gasteiger partial charge < -0.3 is 20.3 Å². The van der Waals surface area contributed by atoms with Crippen LogP contribution in [0.3, 0.4) is 0 Å². The number of methoxy groups -OCH3 is 1. The molecule has 0 spiro atoms. The summed E-state index contributed by atoms with van der Waals surface area (Å²) in [5.41, 5.74) is 1.77. The van der Waals surface area contributed by atoms with Crippen molar-refractivity contribution >= 4 is 23.2 Å². The van der Waals surface area contributed by atoms with Crippen molar-refractivity contribution in [2.45, 2.75) is 19.3 Å². The Labute approximate surface area is 130 Å². The van der Waals surface area contributed by atoms with Crippen LogP contribution in [-0.2, 0) is 14.3 Å². The summed E-state index contributed by atoms with van der Waals surface area (Å²) >= 11 is 0. The van der Waals surface area contributed by atoms with Crippen LogP contribution in [0.4, 0.5) is 11.4 Å². The van der Waals surface area contributed by atoms with E-state index in [4.69, 9.17) is 4.74 Å². The molecule has 0 bridgehead atoms. The molecule has 1 aliphatic heterocycles. The molecule has 1 aromatic carbocycles. The lowest BCUT2D eigenvalue weighted by Crippen LogP contribution is -2.37. The number of amides is 2. The Kier molecular flexibility index (Phi) is 6.21. The van der Waals surface area contributed by atoms with Gasteiger partial charge in [0.2, 0.25) is 0 Å². The van der Waals surface area contributed by atoms with Crippen molar-refractivity contribution in [1.82, 2.24) is 5.32 Å². The highest BCUT2D eigenvalue weighted by atomic mass is 16.5. The highest BCUT2D eigenvalue weighted by Crippen LogP contribution is 2.21. The van der Waals surface area contributed by atoms with E-state index in [1.807, 2.05) is 24.3 Å². The van der Waals surface area contributed by atoms with Crippen LogP contribution in [0.2, 0.25) is 0 Å². The van der Waals surface area contributed by atoms with E-state index < -0.39 is 11.8 Å². The van der Waals surface area contributed by atoms with Crippen LogP contribution in [0, 0.1) is 0 Å². The Bertz CT molecular complexity index is 496. The Hall–Kier alpha value is -2.08. The van der Waals surface area contributed by atoms with E-state index in [1.165, 1.54) is 26.4 Å². The second-order valence-corrected chi connectivity index (χ2v) is 5.30. The largest absolute Gasteiger partial charge is 0.383 e. The minimum absolute atomic E-state index is 0.316. The number of carbonyl (C=O) groups excluding carboxylic acids is 2. The van der Waals surface area contributed by atoms with Crippen LogP contribution in [0.5, 0.6) is 0 Å². The number of hydrogen-bond acceptors (Lipinski definition) is 4. The van der Waals surface area contributed by atoms with Gasteiger partial charge in [-0.25, -0.2) is 0 Å². The zero-order chi connectivity index (χ0) is 15.8. The molecule has 2 N–H and O–H groups in total. The fourth-order valence-corrected chi connectivity index (χ4v) is 2.44. The molecule has 2 amide bonds. The summed E-state index contributed by atoms with van der Waals surface area (Å²) in [6, 6.07) is 7.60. The van der Waals surface area contributed by atoms with Gasteiger partial charge >= 0.3 is 11.8 Å². The van der Waals surface area contributed by atoms with Gasteiger partial charge in [0.25, 0.3) is 0 Å². The normalized spacial score (nSPS) is 14.5. The number of benzene rings is 1. The second-order valence-electron chi connectivity index (χ2n) is 5.30. The number of anilines is 2. The third-order valence-electron chi connectivity index (χ3n) is 3.64. The maximum absolute atomic E-state index is 11.7. The van der Waals surface area contributed by atoms with Gasteiger partial charge in [0.05, 0.1) is 6.61 Å². The number of nitrogens with one attached hydrogen (secondary N) is 2. The number of ether oxygens (including phenoxy) is 1. The molecule has 120 valence electrons. The molecule has 6 nitrogen and oxygen atoms in total. The van der Waals surface area contributed by atoms with Gasteiger partial charge in [-0.05, 0) is 43.5 Å². The highest BCUT2D eigenvalue weighted by molar-refractivity contribution is 6.39. The Balaban J connectivity index is 1.85. The molecule has 1 saturated heterocycles. The number of piperidine rings is 1. The van der Waals surface area contributed by atoms with Crippen LogP contribution in [0.25, 0.3) is 0 Å². The molecule has 0 saturated carbocycles. The summed E-state index contributed by atoms with van der Waals surface area (Å²) in [5, 5.41) is 5.07. The molecular weight excluding hydrogens is 282 g/mol. The Morgan fingerprint density at radius 2 is 1.77 bits per heavy atom. The molecular formula is C16H23N3O3. The fourth-order valence-electron chi connectivity index (χ4n) is 2.44. The van der Waals surface area contributed by atoms with Gasteiger partial charge in [-0.3, -0.25) is 9.59 Å². The van der Waals surface area contributed by atoms with Gasteiger partial charge in [0.1, 0.15) is 0 Å². The summed E-state index contributed by atoms with van der Waals surface area (Å²) in [6.07, 6.45) is 3.74. The summed E-state index contributed by atoms with van der Waals surface area (Å²) in [7, 11) is 1.54. The molecule has 0 unspecified atom stereocenters. The van der Waals surface area contributed by atoms with Crippen molar-refractivity contribution < 1.29 is 14.3 Å². The van der Waals surface area contributed by atoms with Crippen LogP contribution in [0.15, 0.2) is 24.3 Å². The van der Waals surface area contributed by atoms with Crippen molar-refractivity contribution in [2.24, 2.45) is 0 Å². The fraction of sp³-hybridized carbons (Fsp3) is 0.500. The van der Waals surface area contributed by atoms with Crippen LogP contribution in [0.1, 0.15) is 19.3 Å². The number of rotatable bonds is 5. The lowest BCUT2D eigenvalue weighted by molar-refractivity contribution is -0.136. The summed E-state index contributed by atoms with van der Waals surface area (Å²) in [6.45, 7) is 2.85. The summed E-state index contributed by atoms with van der Waals surface area (Å²) in [5.74, 6) is -1.32. The third-order valence-corrected chi connectivity index (χ3v) is 3.64. The Morgan fingerprint density at radius 3 is 2.41 bits per heavy atom. The minimum atomic E-state index is -0.665. The van der Waals surface area contributed by atoms with Crippen LogP contribution in [-0.4, -0.2) is 45.2 Å². The van der Waals surface area contributed by atoms with Crippen molar-refractivity contribution in [1.29, 1.82) is 0 Å². The molecule has 1 heterocycles. The van der Waals surface area contributed by atoms with Gasteiger partial charge in [-0.1, -0.05) is 0 Å². The molecule has 1 aliphatic rings. The SMILES string of the molecule is COCCNC(=O)C(=O)Nc1ccc(N2CCCCC2)cc1. The zero-order valence-electron chi connectivity index (χ0n) is 12.9. The van der Waals surface area contributed by atoms with E-state index in [-0.39, 0.29) is 0 Å². The van der Waals surface area contributed by atoms with Crippen LogP contribution < -0.4 is 15.5 Å². The summed E-state index contributed by atoms with van der Waals surface area (Å²) < 4.78 is 4.81. The third kappa shape index (κ3) is 4.73. The van der Waals surface area contributed by atoms with E-state index in [2.05, 4.69) is 15.5 Å². The lowest BCUT2D eigenvalue weighted by Gasteiger charge is -2.28. The predicted molar refractivity (Wildman–Crippen MR) is 86.0 cm³/mol. The molecule has 1 fully saturated rings. The van der Waals surface area contributed by atoms with Crippen molar-refractivity contribution in [3.05, 3.63) is 24.3 Å². The minimum Gasteiger partial charge on any atom is -0.383 e. The van der Waals surface area contributed by atoms with Gasteiger partial charge in [-0.15, -0.1) is 0 Å². The predicted octanol–water partition coefficient (Wildman–Crippen LogP) is 1.38. The summed E-state index contributed by atoms with van der Waals surface area (Å²) in [4.78, 5) is 25.6. The van der Waals surface area contributed by atoms with E-state index >= 15 is 0 Å². The standard InChI is InChI=1S/C16H23N3O3/c1-22-12-9-17-15(20)16(21)18-13-5-7-14(8-6-13)19-10-3-2-4-11-19/h5-8H,2-4,9-12H2,1H3,(H,17,20)(H,18,21). The van der Waals surface area contributed by atoms with E-state index in [9.17, 15) is 9.59 Å². The maximum Gasteiger partial charge on any atom is 0.313 e. The second kappa shape index (κ2) is 8.38. The van der Waals surface area contributed by atoms with E-state index in [0.717, 1.165) is 18.8 Å². The molecule has 1 aromatic rings. The van der Waals surface area contributed by atoms with Gasteiger partial charge in [0.15, 0.2) is 0 Å². The number of carbonyl (C=O) groups is 2. The number of hydrogen-bond donors (Lipinski definition) is 2. The molecule has 2 rings (SSSR count). The highest BCUT2D eigenvalue weighted by Gasteiger charge is 2.14. The van der Waals surface area contributed by atoms with Gasteiger partial charge in [0, 0.05) is 38.1 Å². The van der Waals surface area contributed by atoms with Gasteiger partial charge in [-0.2, -0.15) is 0 Å². The number of nitrogens with zero attached hydrogens (tertiary/aromatic N) is 1. The topological polar surface area (TPSA) is 70.7 Å². The van der Waals surface area contributed by atoms with Crippen molar-refractivity contribution in [2.75, 3.05) is 43.6 Å². The zero-order valence-corrected chi connectivity index (χ0v) is 12.9. The van der Waals surface area contributed by atoms with Crippen molar-refractivity contribution in [3.63, 3.8) is 0 Å². The smallest absolute Gasteiger partial charge is 0.313 e. The quantitative estimate of drug-likeness (QED) is 0.637. The molecule has 0 radical (unpaired) electrons. The monoisotopic (exact) mass is 305 g/mol. The molecule has 0 aliphatic carbocycles. The average molecular weight is 305 g/mol. The molecule has 22 heavy (non-hydrogen) atoms. The first kappa shape index (κ1) is 16.3. The maximum atomic E-state index is 11.7. The van der Waals surface area contributed by atoms with E-state index in [1.54, 1.807) is 0 Å². The first-order valence-corrected chi connectivity index (χ1v) is 7.64. The first-order chi connectivity index (χ1) is 10.7.